The Bertz CT molecular complexity index is 434. The Balaban J connectivity index is 1.88. The summed E-state index contributed by atoms with van der Waals surface area (Å²) >= 11 is 0. The molecule has 1 aromatic rings. The van der Waals surface area contributed by atoms with E-state index < -0.39 is 0 Å². The molecule has 1 aliphatic rings. The van der Waals surface area contributed by atoms with E-state index in [0.29, 0.717) is 5.92 Å². The van der Waals surface area contributed by atoms with E-state index in [1.807, 2.05) is 12.4 Å². The maximum absolute atomic E-state index is 4.07. The largest absolute Gasteiger partial charge is 0.374 e. The minimum atomic E-state index is 0.642. The molecule has 0 aliphatic heterocycles. The van der Waals surface area contributed by atoms with Crippen LogP contribution >= 0.6 is 0 Å². The van der Waals surface area contributed by atoms with Crippen LogP contribution in [0.5, 0.6) is 0 Å². The molecule has 0 fully saturated rings. The first-order valence-corrected chi connectivity index (χ1v) is 7.27. The number of anilines is 1. The lowest BCUT2D eigenvalue weighted by Gasteiger charge is -2.23. The molecule has 19 heavy (non-hydrogen) atoms. The Hall–Kier alpha value is -1.57. The van der Waals surface area contributed by atoms with Crippen LogP contribution in [0.15, 0.2) is 48.3 Å². The first-order chi connectivity index (χ1) is 9.29. The molecule has 0 bridgehead atoms. The molecular formula is C17H24N2. The van der Waals surface area contributed by atoms with Gasteiger partial charge in [0.25, 0.3) is 0 Å². The minimum absolute atomic E-state index is 0.642. The van der Waals surface area contributed by atoms with Crippen molar-refractivity contribution in [2.24, 2.45) is 5.92 Å². The molecule has 2 heteroatoms. The van der Waals surface area contributed by atoms with Gasteiger partial charge in [-0.2, -0.15) is 0 Å². The number of hydrogen-bond acceptors (Lipinski definition) is 2. The predicted molar refractivity (Wildman–Crippen MR) is 82.4 cm³/mol. The van der Waals surface area contributed by atoms with Gasteiger partial charge in [0.05, 0.1) is 0 Å². The lowest BCUT2D eigenvalue weighted by Crippen LogP contribution is -2.24. The topological polar surface area (TPSA) is 16.1 Å². The molecule has 2 nitrogen and oxygen atoms in total. The summed E-state index contributed by atoms with van der Waals surface area (Å²) in [5.41, 5.74) is 2.85. The zero-order valence-corrected chi connectivity index (χ0v) is 12.0. The molecule has 1 atom stereocenters. The number of allylic oxidation sites excluding steroid dienone is 3. The number of nitrogens with zero attached hydrogens (tertiary/aromatic N) is 2. The van der Waals surface area contributed by atoms with E-state index in [4.69, 9.17) is 0 Å². The van der Waals surface area contributed by atoms with Crippen LogP contribution in [0, 0.1) is 5.92 Å². The van der Waals surface area contributed by atoms with Crippen LogP contribution in [0.1, 0.15) is 32.6 Å². The SMILES string of the molecule is CCCC1=CC=CC(CN(C)c2ccncc2)CC1. The first kappa shape index (κ1) is 13.9. The van der Waals surface area contributed by atoms with Gasteiger partial charge in [0.2, 0.25) is 0 Å². The highest BCUT2D eigenvalue weighted by molar-refractivity contribution is 5.43. The highest BCUT2D eigenvalue weighted by Crippen LogP contribution is 2.23. The van der Waals surface area contributed by atoms with Crippen LogP contribution in [0.25, 0.3) is 0 Å². The second-order valence-corrected chi connectivity index (χ2v) is 5.34. The van der Waals surface area contributed by atoms with Gasteiger partial charge in [-0.1, -0.05) is 37.1 Å². The zero-order chi connectivity index (χ0) is 13.5. The molecule has 0 aromatic carbocycles. The number of hydrogen-bond donors (Lipinski definition) is 0. The molecular weight excluding hydrogens is 232 g/mol. The third-order valence-electron chi connectivity index (χ3n) is 3.73. The Morgan fingerprint density at radius 2 is 2.11 bits per heavy atom. The van der Waals surface area contributed by atoms with Crippen molar-refractivity contribution in [2.45, 2.75) is 32.6 Å². The van der Waals surface area contributed by atoms with Gasteiger partial charge < -0.3 is 4.90 Å². The summed E-state index contributed by atoms with van der Waals surface area (Å²) in [4.78, 5) is 6.39. The summed E-state index contributed by atoms with van der Waals surface area (Å²) in [5, 5.41) is 0. The maximum Gasteiger partial charge on any atom is 0.0394 e. The fraction of sp³-hybridized carbons (Fsp3) is 0.471. The van der Waals surface area contributed by atoms with E-state index in [2.05, 4.69) is 54.2 Å². The van der Waals surface area contributed by atoms with Crippen molar-refractivity contribution in [3.05, 3.63) is 48.3 Å². The summed E-state index contributed by atoms with van der Waals surface area (Å²) in [6.07, 6.45) is 15.6. The third kappa shape index (κ3) is 4.23. The fourth-order valence-electron chi connectivity index (χ4n) is 2.64. The van der Waals surface area contributed by atoms with Crippen molar-refractivity contribution in [1.82, 2.24) is 4.98 Å². The lowest BCUT2D eigenvalue weighted by molar-refractivity contribution is 0.581. The van der Waals surface area contributed by atoms with Crippen molar-refractivity contribution < 1.29 is 0 Å². The van der Waals surface area contributed by atoms with Gasteiger partial charge >= 0.3 is 0 Å². The molecule has 0 amide bonds. The molecule has 1 aromatic heterocycles. The van der Waals surface area contributed by atoms with Gasteiger partial charge in [-0.15, -0.1) is 0 Å². The Labute approximate surface area is 116 Å². The average molecular weight is 256 g/mol. The molecule has 2 rings (SSSR count). The highest BCUT2D eigenvalue weighted by Gasteiger charge is 2.12. The van der Waals surface area contributed by atoms with Crippen LogP contribution in [0.2, 0.25) is 0 Å². The van der Waals surface area contributed by atoms with Crippen molar-refractivity contribution in [3.63, 3.8) is 0 Å². The molecule has 0 saturated heterocycles. The van der Waals surface area contributed by atoms with E-state index in [9.17, 15) is 0 Å². The Morgan fingerprint density at radius 1 is 1.32 bits per heavy atom. The normalized spacial score (nSPS) is 18.8. The molecule has 1 heterocycles. The minimum Gasteiger partial charge on any atom is -0.374 e. The van der Waals surface area contributed by atoms with Crippen molar-refractivity contribution in [1.29, 1.82) is 0 Å². The second kappa shape index (κ2) is 7.13. The van der Waals surface area contributed by atoms with Crippen molar-refractivity contribution >= 4 is 5.69 Å². The van der Waals surface area contributed by atoms with Gasteiger partial charge in [-0.3, -0.25) is 4.98 Å². The smallest absolute Gasteiger partial charge is 0.0394 e. The maximum atomic E-state index is 4.07. The van der Waals surface area contributed by atoms with Gasteiger partial charge in [-0.25, -0.2) is 0 Å². The molecule has 102 valence electrons. The average Bonchev–Trinajstić information content (AvgIpc) is 2.66. The second-order valence-electron chi connectivity index (χ2n) is 5.34. The van der Waals surface area contributed by atoms with Crippen LogP contribution < -0.4 is 4.90 Å². The number of rotatable bonds is 5. The van der Waals surface area contributed by atoms with Crippen molar-refractivity contribution in [3.8, 4) is 0 Å². The van der Waals surface area contributed by atoms with E-state index >= 15 is 0 Å². The number of aromatic nitrogens is 1. The summed E-state index contributed by atoms with van der Waals surface area (Å²) in [7, 11) is 2.16. The predicted octanol–water partition coefficient (Wildman–Crippen LogP) is 4.21. The third-order valence-corrected chi connectivity index (χ3v) is 3.73. The van der Waals surface area contributed by atoms with E-state index in [0.717, 1.165) is 6.54 Å². The standard InChI is InChI=1S/C17H24N2/c1-3-5-15-6-4-7-16(9-8-15)14-19(2)17-10-12-18-13-11-17/h4,6-7,10-13,16H,3,5,8-9,14H2,1-2H3. The lowest BCUT2D eigenvalue weighted by atomic mass is 9.99. The van der Waals surface area contributed by atoms with E-state index in [1.165, 1.54) is 31.4 Å². The molecule has 1 unspecified atom stereocenters. The first-order valence-electron chi connectivity index (χ1n) is 7.27. The Kier molecular flexibility index (Phi) is 5.20. The van der Waals surface area contributed by atoms with E-state index in [1.54, 1.807) is 5.57 Å². The highest BCUT2D eigenvalue weighted by atomic mass is 15.1. The monoisotopic (exact) mass is 256 g/mol. The molecule has 0 N–H and O–H groups in total. The summed E-state index contributed by atoms with van der Waals surface area (Å²) < 4.78 is 0. The van der Waals surface area contributed by atoms with Crippen LogP contribution in [0.3, 0.4) is 0 Å². The molecule has 0 spiro atoms. The van der Waals surface area contributed by atoms with Crippen LogP contribution in [-0.2, 0) is 0 Å². The van der Waals surface area contributed by atoms with Crippen molar-refractivity contribution in [2.75, 3.05) is 18.5 Å². The fourth-order valence-corrected chi connectivity index (χ4v) is 2.64. The van der Waals surface area contributed by atoms with Gasteiger partial charge in [0.1, 0.15) is 0 Å². The van der Waals surface area contributed by atoms with Gasteiger partial charge in [0.15, 0.2) is 0 Å². The molecule has 1 aliphatic carbocycles. The quantitative estimate of drug-likeness (QED) is 0.784. The van der Waals surface area contributed by atoms with E-state index in [-0.39, 0.29) is 0 Å². The Morgan fingerprint density at radius 3 is 2.84 bits per heavy atom. The van der Waals surface area contributed by atoms with Gasteiger partial charge in [-0.05, 0) is 37.3 Å². The van der Waals surface area contributed by atoms with Crippen LogP contribution in [-0.4, -0.2) is 18.6 Å². The van der Waals surface area contributed by atoms with Gasteiger partial charge in [0, 0.05) is 31.7 Å². The van der Waals surface area contributed by atoms with Crippen LogP contribution in [0.4, 0.5) is 5.69 Å². The molecule has 0 saturated carbocycles. The summed E-state index contributed by atoms with van der Waals surface area (Å²) in [6, 6.07) is 4.14. The molecule has 0 radical (unpaired) electrons. The summed E-state index contributed by atoms with van der Waals surface area (Å²) in [6.45, 7) is 3.33. The zero-order valence-electron chi connectivity index (χ0n) is 12.0. The summed E-state index contributed by atoms with van der Waals surface area (Å²) in [5.74, 6) is 0.642. The number of pyridine rings is 1.